The van der Waals surface area contributed by atoms with Crippen LogP contribution in [-0.4, -0.2) is 20.7 Å². The molecular weight excluding hydrogens is 413 g/mol. The summed E-state index contributed by atoms with van der Waals surface area (Å²) >= 11 is 19.6. The van der Waals surface area contributed by atoms with Crippen LogP contribution in [-0.2, 0) is 4.79 Å². The van der Waals surface area contributed by atoms with Crippen LogP contribution in [0.4, 0.5) is 5.69 Å². The van der Waals surface area contributed by atoms with E-state index in [0.29, 0.717) is 25.9 Å². The Morgan fingerprint density at radius 2 is 1.85 bits per heavy atom. The molecule has 0 spiro atoms. The van der Waals surface area contributed by atoms with Crippen LogP contribution in [0.1, 0.15) is 6.92 Å². The lowest BCUT2D eigenvalue weighted by atomic mass is 10.3. The number of benzene rings is 2. The highest BCUT2D eigenvalue weighted by Gasteiger charge is 2.20. The summed E-state index contributed by atoms with van der Waals surface area (Å²) < 4.78 is 1.88. The van der Waals surface area contributed by atoms with Crippen LogP contribution in [0.3, 0.4) is 0 Å². The van der Waals surface area contributed by atoms with Crippen LogP contribution in [0.15, 0.2) is 60.0 Å². The largest absolute Gasteiger partial charge is 0.323 e. The molecule has 1 N–H and O–H groups in total. The van der Waals surface area contributed by atoms with Crippen molar-refractivity contribution in [2.45, 2.75) is 17.3 Å². The quantitative estimate of drug-likeness (QED) is 0.513. The highest BCUT2D eigenvalue weighted by molar-refractivity contribution is 8.00. The smallest absolute Gasteiger partial charge is 0.237 e. The summed E-state index contributed by atoms with van der Waals surface area (Å²) in [6, 6.07) is 12.5. The van der Waals surface area contributed by atoms with E-state index in [9.17, 15) is 4.79 Å². The van der Waals surface area contributed by atoms with E-state index < -0.39 is 5.25 Å². The lowest BCUT2D eigenvalue weighted by Gasteiger charge is -2.14. The predicted octanol–water partition coefficient (Wildman–Crippen LogP) is 5.95. The van der Waals surface area contributed by atoms with Crippen molar-refractivity contribution in [2.75, 3.05) is 5.32 Å². The molecular formula is C18H14Cl3N3OS. The summed E-state index contributed by atoms with van der Waals surface area (Å²) in [7, 11) is 0. The summed E-state index contributed by atoms with van der Waals surface area (Å²) in [6.07, 6.45) is 3.50. The molecule has 0 saturated carbocycles. The van der Waals surface area contributed by atoms with Gasteiger partial charge in [-0.25, -0.2) is 4.98 Å². The number of halogens is 3. The van der Waals surface area contributed by atoms with E-state index in [1.165, 1.54) is 11.8 Å². The number of thioether (sulfide) groups is 1. The number of aromatic nitrogens is 2. The minimum atomic E-state index is -0.414. The summed E-state index contributed by atoms with van der Waals surface area (Å²) in [5, 5.41) is 4.46. The van der Waals surface area contributed by atoms with Gasteiger partial charge >= 0.3 is 0 Å². The molecule has 0 radical (unpaired) electrons. The summed E-state index contributed by atoms with van der Waals surface area (Å²) in [5.41, 5.74) is 1.28. The minimum absolute atomic E-state index is 0.217. The maximum atomic E-state index is 12.5. The Hall–Kier alpha value is -1.66. The number of imidazole rings is 1. The van der Waals surface area contributed by atoms with Crippen LogP contribution in [0.5, 0.6) is 0 Å². The van der Waals surface area contributed by atoms with Gasteiger partial charge in [-0.1, -0.05) is 58.7 Å². The Morgan fingerprint density at radius 3 is 2.54 bits per heavy atom. The average molecular weight is 427 g/mol. The Kier molecular flexibility index (Phi) is 6.14. The topological polar surface area (TPSA) is 46.9 Å². The second kappa shape index (κ2) is 8.35. The van der Waals surface area contributed by atoms with E-state index in [1.807, 2.05) is 29.0 Å². The number of carbonyl (C=O) groups is 1. The normalized spacial score (nSPS) is 12.0. The van der Waals surface area contributed by atoms with Crippen LogP contribution in [0.2, 0.25) is 15.1 Å². The molecule has 8 heteroatoms. The molecule has 0 fully saturated rings. The van der Waals surface area contributed by atoms with Gasteiger partial charge in [0, 0.05) is 23.1 Å². The van der Waals surface area contributed by atoms with Gasteiger partial charge in [0.2, 0.25) is 5.91 Å². The Balaban J connectivity index is 1.76. The van der Waals surface area contributed by atoms with Crippen molar-refractivity contribution >= 4 is 58.2 Å². The molecule has 0 aliphatic heterocycles. The number of para-hydroxylation sites is 1. The number of rotatable bonds is 5. The van der Waals surface area contributed by atoms with Crippen LogP contribution < -0.4 is 5.32 Å². The number of carbonyl (C=O) groups excluding carboxylic acids is 1. The molecule has 1 heterocycles. The Morgan fingerprint density at radius 1 is 1.15 bits per heavy atom. The van der Waals surface area contributed by atoms with Gasteiger partial charge in [0.15, 0.2) is 5.16 Å². The lowest BCUT2D eigenvalue weighted by molar-refractivity contribution is -0.115. The van der Waals surface area contributed by atoms with E-state index >= 15 is 0 Å². The van der Waals surface area contributed by atoms with Gasteiger partial charge in [-0.3, -0.25) is 9.36 Å². The first-order valence-corrected chi connectivity index (χ1v) is 9.68. The average Bonchev–Trinajstić information content (AvgIpc) is 3.06. The van der Waals surface area contributed by atoms with Gasteiger partial charge in [0.25, 0.3) is 0 Å². The minimum Gasteiger partial charge on any atom is -0.323 e. The van der Waals surface area contributed by atoms with Crippen molar-refractivity contribution in [3.63, 3.8) is 0 Å². The van der Waals surface area contributed by atoms with Gasteiger partial charge in [-0.2, -0.15) is 0 Å². The van der Waals surface area contributed by atoms with Crippen LogP contribution >= 0.6 is 46.6 Å². The SMILES string of the molecule is CC(Sc1nccn1-c1cccc(Cl)c1)C(=O)Nc1c(Cl)cccc1Cl. The lowest BCUT2D eigenvalue weighted by Crippen LogP contribution is -2.23. The second-order valence-corrected chi connectivity index (χ2v) is 7.96. The Bertz CT molecular complexity index is 925. The number of anilines is 1. The molecule has 0 aliphatic carbocycles. The van der Waals surface area contributed by atoms with Crippen molar-refractivity contribution in [1.29, 1.82) is 0 Å². The van der Waals surface area contributed by atoms with E-state index in [0.717, 1.165) is 5.69 Å². The molecule has 3 aromatic rings. The van der Waals surface area contributed by atoms with E-state index in [-0.39, 0.29) is 5.91 Å². The molecule has 4 nitrogen and oxygen atoms in total. The molecule has 0 bridgehead atoms. The van der Waals surface area contributed by atoms with Gasteiger partial charge in [0.05, 0.1) is 21.0 Å². The highest BCUT2D eigenvalue weighted by atomic mass is 35.5. The molecule has 3 rings (SSSR count). The molecule has 2 aromatic carbocycles. The fraction of sp³-hybridized carbons (Fsp3) is 0.111. The van der Waals surface area contributed by atoms with Gasteiger partial charge in [0.1, 0.15) is 0 Å². The standard InChI is InChI=1S/C18H14Cl3N3OS/c1-11(17(25)23-16-14(20)6-3-7-15(16)21)26-18-22-8-9-24(18)13-5-2-4-12(19)10-13/h2-11H,1H3,(H,23,25). The van der Waals surface area contributed by atoms with Gasteiger partial charge in [-0.15, -0.1) is 0 Å². The maximum Gasteiger partial charge on any atom is 0.237 e. The van der Waals surface area contributed by atoms with E-state index in [4.69, 9.17) is 34.8 Å². The molecule has 1 aromatic heterocycles. The third-order valence-corrected chi connectivity index (χ3v) is 5.50. The first-order valence-electron chi connectivity index (χ1n) is 7.66. The fourth-order valence-corrected chi connectivity index (χ4v) is 3.81. The van der Waals surface area contributed by atoms with Crippen molar-refractivity contribution in [1.82, 2.24) is 9.55 Å². The zero-order valence-corrected chi connectivity index (χ0v) is 16.7. The van der Waals surface area contributed by atoms with Crippen molar-refractivity contribution in [3.8, 4) is 5.69 Å². The molecule has 0 aliphatic rings. The fourth-order valence-electron chi connectivity index (χ4n) is 2.25. The Labute approximate surface area is 170 Å². The maximum absolute atomic E-state index is 12.5. The zero-order valence-electron chi connectivity index (χ0n) is 13.6. The van der Waals surface area contributed by atoms with Crippen LogP contribution in [0.25, 0.3) is 5.69 Å². The first kappa shape index (κ1) is 19.1. The third kappa shape index (κ3) is 4.35. The van der Waals surface area contributed by atoms with Gasteiger partial charge in [-0.05, 0) is 37.3 Å². The second-order valence-electron chi connectivity index (χ2n) is 5.41. The van der Waals surface area contributed by atoms with Crippen molar-refractivity contribution < 1.29 is 4.79 Å². The molecule has 0 saturated heterocycles. The van der Waals surface area contributed by atoms with Crippen molar-refractivity contribution in [3.05, 3.63) is 69.9 Å². The first-order chi connectivity index (χ1) is 12.5. The van der Waals surface area contributed by atoms with Crippen molar-refractivity contribution in [2.24, 2.45) is 0 Å². The predicted molar refractivity (Wildman–Crippen MR) is 109 cm³/mol. The monoisotopic (exact) mass is 425 g/mol. The molecule has 1 unspecified atom stereocenters. The van der Waals surface area contributed by atoms with Gasteiger partial charge < -0.3 is 5.32 Å². The number of hydrogen-bond acceptors (Lipinski definition) is 3. The number of nitrogens with one attached hydrogen (secondary N) is 1. The number of amides is 1. The molecule has 1 atom stereocenters. The molecule has 26 heavy (non-hydrogen) atoms. The van der Waals surface area contributed by atoms with E-state index in [2.05, 4.69) is 10.3 Å². The van der Waals surface area contributed by atoms with E-state index in [1.54, 1.807) is 37.4 Å². The zero-order chi connectivity index (χ0) is 18.7. The molecule has 134 valence electrons. The number of hydrogen-bond donors (Lipinski definition) is 1. The molecule has 1 amide bonds. The van der Waals surface area contributed by atoms with Crippen LogP contribution in [0, 0.1) is 0 Å². The highest BCUT2D eigenvalue weighted by Crippen LogP contribution is 2.31. The third-order valence-electron chi connectivity index (χ3n) is 3.56. The summed E-state index contributed by atoms with van der Waals surface area (Å²) in [4.78, 5) is 16.9. The number of nitrogens with zero attached hydrogens (tertiary/aromatic N) is 2. The summed E-state index contributed by atoms with van der Waals surface area (Å²) in [5.74, 6) is -0.217. The summed E-state index contributed by atoms with van der Waals surface area (Å²) in [6.45, 7) is 1.79.